The van der Waals surface area contributed by atoms with Gasteiger partial charge in [0.1, 0.15) is 5.75 Å². The zero-order valence-corrected chi connectivity index (χ0v) is 15.8. The highest BCUT2D eigenvalue weighted by molar-refractivity contribution is 5.95. The second kappa shape index (κ2) is 8.54. The van der Waals surface area contributed by atoms with Gasteiger partial charge in [-0.15, -0.1) is 0 Å². The van der Waals surface area contributed by atoms with Crippen LogP contribution in [0.3, 0.4) is 0 Å². The van der Waals surface area contributed by atoms with E-state index in [1.54, 1.807) is 6.07 Å². The van der Waals surface area contributed by atoms with Gasteiger partial charge in [0.25, 0.3) is 5.91 Å². The Bertz CT molecular complexity index is 877. The number of amides is 1. The molecule has 0 heterocycles. The number of nitrogens with one attached hydrogen (secondary N) is 1. The molecule has 0 saturated carbocycles. The van der Waals surface area contributed by atoms with Gasteiger partial charge >= 0.3 is 0 Å². The van der Waals surface area contributed by atoms with Gasteiger partial charge in [-0.1, -0.05) is 66.7 Å². The third kappa shape index (κ3) is 4.76. The largest absolute Gasteiger partial charge is 0.494 e. The fraction of sp³-hybridized carbons (Fsp3) is 0.208. The van der Waals surface area contributed by atoms with E-state index in [0.29, 0.717) is 24.3 Å². The lowest BCUT2D eigenvalue weighted by Crippen LogP contribution is -2.45. The highest BCUT2D eigenvalue weighted by Crippen LogP contribution is 2.26. The molecule has 0 fully saturated rings. The average Bonchev–Trinajstić information content (AvgIpc) is 2.70. The maximum Gasteiger partial charge on any atom is 0.252 e. The van der Waals surface area contributed by atoms with Gasteiger partial charge in [-0.2, -0.15) is 0 Å². The number of hydrogen-bond donors (Lipinski definition) is 1. The smallest absolute Gasteiger partial charge is 0.252 e. The fourth-order valence-electron chi connectivity index (χ4n) is 3.25. The molecule has 1 N–H and O–H groups in total. The van der Waals surface area contributed by atoms with Crippen LogP contribution in [0.4, 0.5) is 0 Å². The molecule has 3 rings (SSSR count). The molecule has 0 aliphatic carbocycles. The van der Waals surface area contributed by atoms with E-state index < -0.39 is 5.54 Å². The molecule has 138 valence electrons. The van der Waals surface area contributed by atoms with Crippen LogP contribution < -0.4 is 10.1 Å². The summed E-state index contributed by atoms with van der Waals surface area (Å²) in [5.74, 6) is 0.591. The number of ether oxygens (including phenoxy) is 1. The monoisotopic (exact) mass is 359 g/mol. The third-order valence-electron chi connectivity index (χ3n) is 4.61. The molecule has 3 aromatic rings. The molecular formula is C24H25NO2. The van der Waals surface area contributed by atoms with Crippen molar-refractivity contribution in [1.82, 2.24) is 5.32 Å². The second-order valence-electron chi connectivity index (χ2n) is 6.78. The number of rotatable bonds is 7. The van der Waals surface area contributed by atoms with E-state index >= 15 is 0 Å². The second-order valence-corrected chi connectivity index (χ2v) is 6.78. The molecule has 27 heavy (non-hydrogen) atoms. The molecule has 0 bridgehead atoms. The summed E-state index contributed by atoms with van der Waals surface area (Å²) in [7, 11) is 0. The Morgan fingerprint density at radius 1 is 0.926 bits per heavy atom. The SMILES string of the molecule is CCOc1cccc(C(=O)NC(C)(Cc2ccccc2)c2ccccc2)c1. The van der Waals surface area contributed by atoms with Crippen LogP contribution in [0.25, 0.3) is 0 Å². The van der Waals surface area contributed by atoms with E-state index in [1.807, 2.05) is 61.5 Å². The molecule has 0 aliphatic rings. The van der Waals surface area contributed by atoms with Crippen molar-refractivity contribution in [2.24, 2.45) is 0 Å². The van der Waals surface area contributed by atoms with Gasteiger partial charge in [-0.3, -0.25) is 4.79 Å². The summed E-state index contributed by atoms with van der Waals surface area (Å²) in [5.41, 5.74) is 2.31. The number of carbonyl (C=O) groups is 1. The van der Waals surface area contributed by atoms with Crippen LogP contribution in [0.5, 0.6) is 5.75 Å². The molecule has 0 aromatic heterocycles. The molecule has 3 heteroatoms. The Morgan fingerprint density at radius 3 is 2.26 bits per heavy atom. The van der Waals surface area contributed by atoms with E-state index in [4.69, 9.17) is 4.74 Å². The van der Waals surface area contributed by atoms with E-state index in [9.17, 15) is 4.79 Å². The summed E-state index contributed by atoms with van der Waals surface area (Å²) < 4.78 is 5.53. The molecule has 1 amide bonds. The number of benzene rings is 3. The lowest BCUT2D eigenvalue weighted by Gasteiger charge is -2.32. The Morgan fingerprint density at radius 2 is 1.59 bits per heavy atom. The van der Waals surface area contributed by atoms with Crippen LogP contribution >= 0.6 is 0 Å². The van der Waals surface area contributed by atoms with Crippen molar-refractivity contribution in [3.8, 4) is 5.75 Å². The Kier molecular flexibility index (Phi) is 5.92. The minimum absolute atomic E-state index is 0.112. The Hall–Kier alpha value is -3.07. The van der Waals surface area contributed by atoms with Crippen molar-refractivity contribution in [3.63, 3.8) is 0 Å². The van der Waals surface area contributed by atoms with Crippen LogP contribution in [0, 0.1) is 0 Å². The first kappa shape index (κ1) is 18.7. The topological polar surface area (TPSA) is 38.3 Å². The van der Waals surface area contributed by atoms with Gasteiger partial charge in [0, 0.05) is 5.56 Å². The minimum atomic E-state index is -0.526. The third-order valence-corrected chi connectivity index (χ3v) is 4.61. The van der Waals surface area contributed by atoms with Gasteiger partial charge in [-0.25, -0.2) is 0 Å². The van der Waals surface area contributed by atoms with Crippen LogP contribution in [-0.2, 0) is 12.0 Å². The molecule has 1 unspecified atom stereocenters. The van der Waals surface area contributed by atoms with Gasteiger partial charge in [0.15, 0.2) is 0 Å². The van der Waals surface area contributed by atoms with Gasteiger partial charge in [0.05, 0.1) is 12.1 Å². The molecule has 0 radical (unpaired) electrons. The van der Waals surface area contributed by atoms with E-state index in [1.165, 1.54) is 5.56 Å². The van der Waals surface area contributed by atoms with Crippen LogP contribution in [0.2, 0.25) is 0 Å². The van der Waals surface area contributed by atoms with Gasteiger partial charge < -0.3 is 10.1 Å². The molecule has 0 aliphatic heterocycles. The van der Waals surface area contributed by atoms with Crippen molar-refractivity contribution in [2.75, 3.05) is 6.61 Å². The highest BCUT2D eigenvalue weighted by atomic mass is 16.5. The summed E-state index contributed by atoms with van der Waals surface area (Å²) in [4.78, 5) is 13.0. The predicted molar refractivity (Wildman–Crippen MR) is 109 cm³/mol. The quantitative estimate of drug-likeness (QED) is 0.646. The first-order valence-corrected chi connectivity index (χ1v) is 9.25. The van der Waals surface area contributed by atoms with Crippen LogP contribution in [-0.4, -0.2) is 12.5 Å². The van der Waals surface area contributed by atoms with Crippen molar-refractivity contribution in [1.29, 1.82) is 0 Å². The predicted octanol–water partition coefficient (Wildman–Crippen LogP) is 4.97. The normalized spacial score (nSPS) is 12.8. The summed E-state index contributed by atoms with van der Waals surface area (Å²) in [6, 6.07) is 27.6. The zero-order valence-electron chi connectivity index (χ0n) is 15.8. The van der Waals surface area contributed by atoms with E-state index in [0.717, 1.165) is 5.56 Å². The highest BCUT2D eigenvalue weighted by Gasteiger charge is 2.29. The number of hydrogen-bond acceptors (Lipinski definition) is 2. The maximum atomic E-state index is 13.0. The summed E-state index contributed by atoms with van der Waals surface area (Å²) in [5, 5.41) is 3.25. The van der Waals surface area contributed by atoms with Crippen molar-refractivity contribution in [3.05, 3.63) is 102 Å². The molecule has 3 aromatic carbocycles. The fourth-order valence-corrected chi connectivity index (χ4v) is 3.25. The lowest BCUT2D eigenvalue weighted by molar-refractivity contribution is 0.0903. The van der Waals surface area contributed by atoms with Crippen molar-refractivity contribution >= 4 is 5.91 Å². The molecular weight excluding hydrogens is 334 g/mol. The molecule has 0 spiro atoms. The standard InChI is InChI=1S/C24H25NO2/c1-3-27-22-16-10-13-20(17-22)23(26)25-24(2,21-14-8-5-9-15-21)18-19-11-6-4-7-12-19/h4-17H,3,18H2,1-2H3,(H,25,26). The van der Waals surface area contributed by atoms with Crippen LogP contribution in [0.1, 0.15) is 35.3 Å². The molecule has 3 nitrogen and oxygen atoms in total. The minimum Gasteiger partial charge on any atom is -0.494 e. The zero-order chi connectivity index (χ0) is 19.1. The van der Waals surface area contributed by atoms with Crippen LogP contribution in [0.15, 0.2) is 84.9 Å². The summed E-state index contributed by atoms with van der Waals surface area (Å²) in [6.45, 7) is 4.57. The van der Waals surface area contributed by atoms with Gasteiger partial charge in [-0.05, 0) is 49.6 Å². The molecule has 1 atom stereocenters. The first-order valence-electron chi connectivity index (χ1n) is 9.25. The lowest BCUT2D eigenvalue weighted by atomic mass is 9.85. The summed E-state index contributed by atoms with van der Waals surface area (Å²) >= 11 is 0. The van der Waals surface area contributed by atoms with E-state index in [-0.39, 0.29) is 5.91 Å². The van der Waals surface area contributed by atoms with Crippen molar-refractivity contribution < 1.29 is 9.53 Å². The Labute approximate surface area is 161 Å². The molecule has 0 saturated heterocycles. The summed E-state index contributed by atoms with van der Waals surface area (Å²) in [6.07, 6.45) is 0.703. The van der Waals surface area contributed by atoms with Gasteiger partial charge in [0.2, 0.25) is 0 Å². The van der Waals surface area contributed by atoms with E-state index in [2.05, 4.69) is 36.5 Å². The average molecular weight is 359 g/mol. The number of carbonyl (C=O) groups excluding carboxylic acids is 1. The maximum absolute atomic E-state index is 13.0. The first-order chi connectivity index (χ1) is 13.1. The van der Waals surface area contributed by atoms with Crippen molar-refractivity contribution in [2.45, 2.75) is 25.8 Å². The Balaban J connectivity index is 1.89.